The van der Waals surface area contributed by atoms with Gasteiger partial charge in [0.1, 0.15) is 5.01 Å². The second-order valence-electron chi connectivity index (χ2n) is 5.48. The number of nitrogens with zero attached hydrogens (tertiary/aromatic N) is 2. The van der Waals surface area contributed by atoms with Crippen molar-refractivity contribution >= 4 is 28.1 Å². The first-order chi connectivity index (χ1) is 9.95. The Balaban J connectivity index is 2.02. The standard InChI is InChI=1S/C15H20N4OS/c1-9(2)7-13-18-19-15(21-13)17-14(20)10(3)11-5-4-6-12(16)8-11/h4-6,8-10H,7,16H2,1-3H3,(H,17,19,20). The molecule has 1 atom stereocenters. The molecule has 1 aromatic heterocycles. The maximum Gasteiger partial charge on any atom is 0.233 e. The second kappa shape index (κ2) is 6.67. The summed E-state index contributed by atoms with van der Waals surface area (Å²) in [7, 11) is 0. The van der Waals surface area contributed by atoms with Crippen LogP contribution in [-0.4, -0.2) is 16.1 Å². The first kappa shape index (κ1) is 15.4. The Morgan fingerprint density at radius 1 is 1.33 bits per heavy atom. The molecule has 5 nitrogen and oxygen atoms in total. The lowest BCUT2D eigenvalue weighted by molar-refractivity contribution is -0.117. The lowest BCUT2D eigenvalue weighted by Crippen LogP contribution is -2.18. The molecule has 1 aromatic carbocycles. The number of nitrogens with two attached hydrogens (primary N) is 1. The Hall–Kier alpha value is -1.95. The highest BCUT2D eigenvalue weighted by Gasteiger charge is 2.17. The van der Waals surface area contributed by atoms with Gasteiger partial charge in [0.05, 0.1) is 5.92 Å². The number of carbonyl (C=O) groups is 1. The van der Waals surface area contributed by atoms with Crippen LogP contribution in [0.3, 0.4) is 0 Å². The number of aromatic nitrogens is 2. The average Bonchev–Trinajstić information content (AvgIpc) is 2.84. The van der Waals surface area contributed by atoms with E-state index in [1.54, 1.807) is 6.07 Å². The number of hydrogen-bond acceptors (Lipinski definition) is 5. The van der Waals surface area contributed by atoms with E-state index in [0.717, 1.165) is 17.0 Å². The highest BCUT2D eigenvalue weighted by molar-refractivity contribution is 7.15. The number of benzene rings is 1. The Labute approximate surface area is 128 Å². The minimum Gasteiger partial charge on any atom is -0.399 e. The van der Waals surface area contributed by atoms with Crippen LogP contribution in [0.25, 0.3) is 0 Å². The maximum absolute atomic E-state index is 12.2. The molecule has 21 heavy (non-hydrogen) atoms. The third-order valence-corrected chi connectivity index (χ3v) is 3.94. The monoisotopic (exact) mass is 304 g/mol. The third-order valence-electron chi connectivity index (χ3n) is 3.08. The van der Waals surface area contributed by atoms with Crippen LogP contribution in [0.5, 0.6) is 0 Å². The summed E-state index contributed by atoms with van der Waals surface area (Å²) in [4.78, 5) is 12.2. The summed E-state index contributed by atoms with van der Waals surface area (Å²) < 4.78 is 0. The lowest BCUT2D eigenvalue weighted by Gasteiger charge is -2.11. The first-order valence-electron chi connectivity index (χ1n) is 6.94. The van der Waals surface area contributed by atoms with Crippen LogP contribution in [0.1, 0.15) is 37.3 Å². The second-order valence-corrected chi connectivity index (χ2v) is 6.54. The van der Waals surface area contributed by atoms with Gasteiger partial charge in [-0.25, -0.2) is 0 Å². The zero-order valence-corrected chi connectivity index (χ0v) is 13.3. The molecule has 1 heterocycles. The predicted octanol–water partition coefficient (Wildman–Crippen LogP) is 3.06. The van der Waals surface area contributed by atoms with E-state index in [-0.39, 0.29) is 11.8 Å². The molecule has 6 heteroatoms. The number of rotatable bonds is 5. The Bertz CT molecular complexity index is 624. The zero-order chi connectivity index (χ0) is 15.4. The summed E-state index contributed by atoms with van der Waals surface area (Å²) >= 11 is 1.43. The summed E-state index contributed by atoms with van der Waals surface area (Å²) in [6, 6.07) is 7.36. The minimum absolute atomic E-state index is 0.104. The van der Waals surface area contributed by atoms with Crippen molar-refractivity contribution in [3.8, 4) is 0 Å². The quantitative estimate of drug-likeness (QED) is 0.832. The molecule has 2 aromatic rings. The van der Waals surface area contributed by atoms with Crippen LogP contribution in [0.4, 0.5) is 10.8 Å². The first-order valence-corrected chi connectivity index (χ1v) is 7.76. The van der Waals surface area contributed by atoms with Gasteiger partial charge in [0, 0.05) is 12.1 Å². The van der Waals surface area contributed by atoms with Gasteiger partial charge in [0.15, 0.2) is 0 Å². The molecule has 0 spiro atoms. The molecule has 0 saturated carbocycles. The summed E-state index contributed by atoms with van der Waals surface area (Å²) in [6.07, 6.45) is 0.873. The Kier molecular flexibility index (Phi) is 4.90. The number of nitrogen functional groups attached to an aromatic ring is 1. The van der Waals surface area contributed by atoms with E-state index in [1.165, 1.54) is 11.3 Å². The fourth-order valence-electron chi connectivity index (χ4n) is 1.93. The van der Waals surface area contributed by atoms with E-state index in [2.05, 4.69) is 29.4 Å². The number of carbonyl (C=O) groups excluding carboxylic acids is 1. The van der Waals surface area contributed by atoms with Crippen molar-refractivity contribution in [3.63, 3.8) is 0 Å². The summed E-state index contributed by atoms with van der Waals surface area (Å²) in [5.74, 6) is 0.131. The molecular formula is C15H20N4OS. The molecular weight excluding hydrogens is 284 g/mol. The van der Waals surface area contributed by atoms with Crippen LogP contribution in [0.2, 0.25) is 0 Å². The molecule has 2 rings (SSSR count). The van der Waals surface area contributed by atoms with Crippen molar-refractivity contribution < 1.29 is 4.79 Å². The van der Waals surface area contributed by atoms with E-state index in [0.29, 0.717) is 16.7 Å². The molecule has 0 aliphatic heterocycles. The molecule has 0 bridgehead atoms. The molecule has 0 aliphatic carbocycles. The zero-order valence-electron chi connectivity index (χ0n) is 12.5. The maximum atomic E-state index is 12.2. The minimum atomic E-state index is -0.286. The molecule has 3 N–H and O–H groups in total. The van der Waals surface area contributed by atoms with E-state index >= 15 is 0 Å². The SMILES string of the molecule is CC(C)Cc1nnc(NC(=O)C(C)c2cccc(N)c2)s1. The number of amides is 1. The largest absolute Gasteiger partial charge is 0.399 e. The van der Waals surface area contributed by atoms with Crippen molar-refractivity contribution in [2.75, 3.05) is 11.1 Å². The molecule has 0 saturated heterocycles. The van der Waals surface area contributed by atoms with Crippen molar-refractivity contribution in [1.29, 1.82) is 0 Å². The van der Waals surface area contributed by atoms with Crippen LogP contribution >= 0.6 is 11.3 Å². The van der Waals surface area contributed by atoms with Gasteiger partial charge in [-0.05, 0) is 30.5 Å². The van der Waals surface area contributed by atoms with E-state index in [1.807, 2.05) is 25.1 Å². The van der Waals surface area contributed by atoms with Gasteiger partial charge in [-0.15, -0.1) is 10.2 Å². The van der Waals surface area contributed by atoms with E-state index in [4.69, 9.17) is 5.73 Å². The van der Waals surface area contributed by atoms with Gasteiger partial charge in [-0.3, -0.25) is 4.79 Å². The fourth-order valence-corrected chi connectivity index (χ4v) is 2.88. The van der Waals surface area contributed by atoms with Gasteiger partial charge in [0.2, 0.25) is 11.0 Å². The smallest absolute Gasteiger partial charge is 0.233 e. The van der Waals surface area contributed by atoms with Crippen molar-refractivity contribution in [1.82, 2.24) is 10.2 Å². The highest BCUT2D eigenvalue weighted by atomic mass is 32.1. The topological polar surface area (TPSA) is 80.9 Å². The number of hydrogen-bond donors (Lipinski definition) is 2. The van der Waals surface area contributed by atoms with E-state index < -0.39 is 0 Å². The van der Waals surface area contributed by atoms with Crippen molar-refractivity contribution in [3.05, 3.63) is 34.8 Å². The average molecular weight is 304 g/mol. The number of anilines is 2. The molecule has 0 aliphatic rings. The molecule has 1 amide bonds. The third kappa shape index (κ3) is 4.26. The van der Waals surface area contributed by atoms with Gasteiger partial charge >= 0.3 is 0 Å². The van der Waals surface area contributed by atoms with Gasteiger partial charge < -0.3 is 11.1 Å². The predicted molar refractivity (Wildman–Crippen MR) is 86.4 cm³/mol. The summed E-state index contributed by atoms with van der Waals surface area (Å²) in [5.41, 5.74) is 7.29. The van der Waals surface area contributed by atoms with Gasteiger partial charge in [-0.1, -0.05) is 37.3 Å². The van der Waals surface area contributed by atoms with Crippen LogP contribution in [-0.2, 0) is 11.2 Å². The molecule has 1 unspecified atom stereocenters. The van der Waals surface area contributed by atoms with Crippen molar-refractivity contribution in [2.45, 2.75) is 33.1 Å². The van der Waals surface area contributed by atoms with Gasteiger partial charge in [-0.2, -0.15) is 0 Å². The summed E-state index contributed by atoms with van der Waals surface area (Å²) in [5, 5.41) is 12.4. The van der Waals surface area contributed by atoms with Crippen LogP contribution in [0, 0.1) is 5.92 Å². The van der Waals surface area contributed by atoms with Crippen molar-refractivity contribution in [2.24, 2.45) is 5.92 Å². The van der Waals surface area contributed by atoms with Gasteiger partial charge in [0.25, 0.3) is 0 Å². The molecule has 0 radical (unpaired) electrons. The highest BCUT2D eigenvalue weighted by Crippen LogP contribution is 2.22. The van der Waals surface area contributed by atoms with Crippen LogP contribution < -0.4 is 11.1 Å². The fraction of sp³-hybridized carbons (Fsp3) is 0.400. The number of nitrogens with one attached hydrogen (secondary N) is 1. The molecule has 0 fully saturated rings. The molecule has 112 valence electrons. The normalized spacial score (nSPS) is 12.4. The van der Waals surface area contributed by atoms with E-state index in [9.17, 15) is 4.79 Å². The Morgan fingerprint density at radius 2 is 2.10 bits per heavy atom. The lowest BCUT2D eigenvalue weighted by atomic mass is 10.00. The van der Waals surface area contributed by atoms with Crippen LogP contribution in [0.15, 0.2) is 24.3 Å². The Morgan fingerprint density at radius 3 is 2.76 bits per heavy atom. The summed E-state index contributed by atoms with van der Waals surface area (Å²) in [6.45, 7) is 6.10.